The number of amides is 1. The Labute approximate surface area is 74.4 Å². The van der Waals surface area contributed by atoms with Crippen LogP contribution in [0.1, 0.15) is 32.6 Å². The predicted molar refractivity (Wildman–Crippen MR) is 47.8 cm³/mol. The SMILES string of the molecule is CCCCCC(N)=O.Cl.Cl. The van der Waals surface area contributed by atoms with Crippen molar-refractivity contribution in [2.24, 2.45) is 5.73 Å². The van der Waals surface area contributed by atoms with Crippen molar-refractivity contribution in [1.82, 2.24) is 0 Å². The molecule has 0 saturated heterocycles. The van der Waals surface area contributed by atoms with Gasteiger partial charge in [0.25, 0.3) is 0 Å². The molecule has 0 aromatic rings. The van der Waals surface area contributed by atoms with Gasteiger partial charge in [-0.2, -0.15) is 0 Å². The lowest BCUT2D eigenvalue weighted by Crippen LogP contribution is -2.09. The molecule has 0 rings (SSSR count). The minimum atomic E-state index is -0.182. The van der Waals surface area contributed by atoms with Crippen molar-refractivity contribution in [3.8, 4) is 0 Å². The summed E-state index contributed by atoms with van der Waals surface area (Å²) in [5, 5.41) is 0. The number of hydrogen-bond donors (Lipinski definition) is 1. The highest BCUT2D eigenvalue weighted by Gasteiger charge is 1.90. The Hall–Kier alpha value is 0.0500. The van der Waals surface area contributed by atoms with Gasteiger partial charge < -0.3 is 5.73 Å². The molecule has 0 aliphatic carbocycles. The molecule has 0 spiro atoms. The summed E-state index contributed by atoms with van der Waals surface area (Å²) >= 11 is 0. The predicted octanol–water partition coefficient (Wildman–Crippen LogP) is 1.90. The normalized spacial score (nSPS) is 7.30. The van der Waals surface area contributed by atoms with Gasteiger partial charge in [-0.15, -0.1) is 24.8 Å². The van der Waals surface area contributed by atoms with Crippen LogP contribution in [0.25, 0.3) is 0 Å². The van der Waals surface area contributed by atoms with Crippen LogP contribution in [0.15, 0.2) is 0 Å². The maximum absolute atomic E-state index is 10.1. The van der Waals surface area contributed by atoms with Gasteiger partial charge in [0.15, 0.2) is 0 Å². The highest BCUT2D eigenvalue weighted by Crippen LogP contribution is 1.96. The summed E-state index contributed by atoms with van der Waals surface area (Å²) in [6.45, 7) is 2.10. The average molecular weight is 188 g/mol. The highest BCUT2D eigenvalue weighted by molar-refractivity contribution is 5.85. The maximum atomic E-state index is 10.1. The quantitative estimate of drug-likeness (QED) is 0.672. The highest BCUT2D eigenvalue weighted by atomic mass is 35.5. The van der Waals surface area contributed by atoms with Crippen LogP contribution in [0.5, 0.6) is 0 Å². The molecule has 0 aromatic carbocycles. The van der Waals surface area contributed by atoms with E-state index in [1.165, 1.54) is 0 Å². The molecule has 0 bridgehead atoms. The number of unbranched alkanes of at least 4 members (excludes halogenated alkanes) is 2. The van der Waals surface area contributed by atoms with Crippen molar-refractivity contribution < 1.29 is 4.79 Å². The molecule has 0 fully saturated rings. The van der Waals surface area contributed by atoms with Crippen LogP contribution in [0, 0.1) is 0 Å². The van der Waals surface area contributed by atoms with Gasteiger partial charge >= 0.3 is 0 Å². The zero-order chi connectivity index (χ0) is 6.41. The Morgan fingerprint density at radius 1 is 1.30 bits per heavy atom. The number of primary amides is 1. The molecular weight excluding hydrogens is 173 g/mol. The van der Waals surface area contributed by atoms with Crippen molar-refractivity contribution in [1.29, 1.82) is 0 Å². The van der Waals surface area contributed by atoms with Crippen LogP contribution in [0.3, 0.4) is 0 Å². The van der Waals surface area contributed by atoms with E-state index >= 15 is 0 Å². The first-order valence-corrected chi connectivity index (χ1v) is 3.05. The molecule has 1 amide bonds. The molecule has 0 radical (unpaired) electrons. The molecule has 2 nitrogen and oxygen atoms in total. The average Bonchev–Trinajstić information content (AvgIpc) is 1.66. The number of hydrogen-bond acceptors (Lipinski definition) is 1. The molecule has 0 atom stereocenters. The van der Waals surface area contributed by atoms with Gasteiger partial charge in [0.05, 0.1) is 0 Å². The lowest BCUT2D eigenvalue weighted by Gasteiger charge is -1.90. The van der Waals surface area contributed by atoms with E-state index in [2.05, 4.69) is 6.92 Å². The van der Waals surface area contributed by atoms with Crippen molar-refractivity contribution in [3.63, 3.8) is 0 Å². The van der Waals surface area contributed by atoms with E-state index in [1.807, 2.05) is 0 Å². The zero-order valence-corrected chi connectivity index (χ0v) is 7.76. The second kappa shape index (κ2) is 11.8. The summed E-state index contributed by atoms with van der Waals surface area (Å²) in [4.78, 5) is 10.1. The van der Waals surface area contributed by atoms with E-state index in [-0.39, 0.29) is 30.7 Å². The van der Waals surface area contributed by atoms with Crippen LogP contribution in [0.4, 0.5) is 0 Å². The monoisotopic (exact) mass is 187 g/mol. The second-order valence-electron chi connectivity index (χ2n) is 1.92. The van der Waals surface area contributed by atoms with Crippen LogP contribution in [0.2, 0.25) is 0 Å². The van der Waals surface area contributed by atoms with E-state index in [0.29, 0.717) is 6.42 Å². The van der Waals surface area contributed by atoms with Crippen LogP contribution >= 0.6 is 24.8 Å². The number of halogens is 2. The summed E-state index contributed by atoms with van der Waals surface area (Å²) < 4.78 is 0. The van der Waals surface area contributed by atoms with Crippen LogP contribution in [-0.2, 0) is 4.79 Å². The Morgan fingerprint density at radius 3 is 2.10 bits per heavy atom. The second-order valence-corrected chi connectivity index (χ2v) is 1.92. The third-order valence-electron chi connectivity index (χ3n) is 1.03. The van der Waals surface area contributed by atoms with Gasteiger partial charge in [-0.25, -0.2) is 0 Å². The Kier molecular flexibility index (Phi) is 19.5. The van der Waals surface area contributed by atoms with Gasteiger partial charge in [0.1, 0.15) is 0 Å². The Morgan fingerprint density at radius 2 is 1.80 bits per heavy atom. The number of carbonyl (C=O) groups excluding carboxylic acids is 1. The molecule has 0 aliphatic rings. The van der Waals surface area contributed by atoms with Gasteiger partial charge in [-0.1, -0.05) is 19.8 Å². The van der Waals surface area contributed by atoms with E-state index in [4.69, 9.17) is 5.73 Å². The van der Waals surface area contributed by atoms with E-state index < -0.39 is 0 Å². The molecule has 64 valence electrons. The van der Waals surface area contributed by atoms with E-state index in [1.54, 1.807) is 0 Å². The Balaban J connectivity index is -0.000000245. The van der Waals surface area contributed by atoms with E-state index in [0.717, 1.165) is 19.3 Å². The van der Waals surface area contributed by atoms with Crippen LogP contribution in [-0.4, -0.2) is 5.91 Å². The first-order valence-electron chi connectivity index (χ1n) is 3.05. The standard InChI is InChI=1S/C6H13NO.2ClH/c1-2-3-4-5-6(7)8;;/h2-5H2,1H3,(H2,7,8);2*1H. The number of carbonyl (C=O) groups is 1. The molecule has 2 N–H and O–H groups in total. The molecule has 4 heteroatoms. The largest absolute Gasteiger partial charge is 0.370 e. The number of rotatable bonds is 4. The van der Waals surface area contributed by atoms with E-state index in [9.17, 15) is 4.79 Å². The summed E-state index contributed by atoms with van der Waals surface area (Å²) in [6, 6.07) is 0. The summed E-state index contributed by atoms with van der Waals surface area (Å²) in [5.74, 6) is -0.182. The molecule has 0 unspecified atom stereocenters. The van der Waals surface area contributed by atoms with Crippen molar-refractivity contribution >= 4 is 30.7 Å². The molecule has 0 saturated carbocycles. The zero-order valence-electron chi connectivity index (χ0n) is 6.13. The summed E-state index contributed by atoms with van der Waals surface area (Å²) in [5.41, 5.74) is 4.89. The van der Waals surface area contributed by atoms with Crippen molar-refractivity contribution in [2.75, 3.05) is 0 Å². The van der Waals surface area contributed by atoms with Crippen LogP contribution < -0.4 is 5.73 Å². The lowest BCUT2D eigenvalue weighted by molar-refractivity contribution is -0.118. The lowest BCUT2D eigenvalue weighted by atomic mass is 10.2. The minimum absolute atomic E-state index is 0. The molecule has 10 heavy (non-hydrogen) atoms. The molecule has 0 aliphatic heterocycles. The fourth-order valence-electron chi connectivity index (χ4n) is 0.549. The minimum Gasteiger partial charge on any atom is -0.370 e. The van der Waals surface area contributed by atoms with Gasteiger partial charge in [0.2, 0.25) is 5.91 Å². The summed E-state index contributed by atoms with van der Waals surface area (Å²) in [7, 11) is 0. The third kappa shape index (κ3) is 15.7. The van der Waals surface area contributed by atoms with Gasteiger partial charge in [-0.3, -0.25) is 4.79 Å². The fraction of sp³-hybridized carbons (Fsp3) is 0.833. The molecular formula is C6H15Cl2NO. The first-order chi connectivity index (χ1) is 3.77. The maximum Gasteiger partial charge on any atom is 0.217 e. The van der Waals surface area contributed by atoms with Gasteiger partial charge in [0, 0.05) is 6.42 Å². The van der Waals surface area contributed by atoms with Crippen molar-refractivity contribution in [3.05, 3.63) is 0 Å². The van der Waals surface area contributed by atoms with Gasteiger partial charge in [-0.05, 0) is 6.42 Å². The smallest absolute Gasteiger partial charge is 0.217 e. The fourth-order valence-corrected chi connectivity index (χ4v) is 0.549. The third-order valence-corrected chi connectivity index (χ3v) is 1.03. The summed E-state index contributed by atoms with van der Waals surface area (Å²) in [6.07, 6.45) is 3.76. The molecule has 0 aromatic heterocycles. The van der Waals surface area contributed by atoms with Crippen molar-refractivity contribution in [2.45, 2.75) is 32.6 Å². The Bertz CT molecular complexity index is 78.1. The number of nitrogens with two attached hydrogens (primary N) is 1. The topological polar surface area (TPSA) is 43.1 Å². The first kappa shape index (κ1) is 16.6. The molecule has 0 heterocycles.